The average molecular weight is 328 g/mol. The lowest BCUT2D eigenvalue weighted by Gasteiger charge is -2.05. The molecule has 0 saturated heterocycles. The highest BCUT2D eigenvalue weighted by molar-refractivity contribution is 7.18. The molecule has 0 amide bonds. The van der Waals surface area contributed by atoms with E-state index in [0.29, 0.717) is 26.2 Å². The summed E-state index contributed by atoms with van der Waals surface area (Å²) in [6.45, 7) is 5.09. The molecule has 0 aliphatic carbocycles. The van der Waals surface area contributed by atoms with E-state index in [1.54, 1.807) is 19.1 Å². The second kappa shape index (κ2) is 6.41. The number of carbonyl (C=O) groups excluding carboxylic acids is 2. The summed E-state index contributed by atoms with van der Waals surface area (Å²) in [6.07, 6.45) is 0. The summed E-state index contributed by atoms with van der Waals surface area (Å²) in [5.74, 6) is -0.432. The summed E-state index contributed by atoms with van der Waals surface area (Å²) < 4.78 is 10.7. The van der Waals surface area contributed by atoms with E-state index in [1.165, 1.54) is 0 Å². The fraction of sp³-hybridized carbons (Fsp3) is 0.357. The number of hydrogen-bond acceptors (Lipinski definition) is 6. The van der Waals surface area contributed by atoms with Gasteiger partial charge in [-0.3, -0.25) is 4.79 Å². The second-order valence-electron chi connectivity index (χ2n) is 4.77. The molecule has 7 heteroatoms. The predicted octanol–water partition coefficient (Wildman–Crippen LogP) is 3.86. The topological polar surface area (TPSA) is 69.4 Å². The van der Waals surface area contributed by atoms with Gasteiger partial charge in [0, 0.05) is 5.92 Å². The van der Waals surface area contributed by atoms with Crippen LogP contribution in [0.4, 0.5) is 0 Å². The lowest BCUT2D eigenvalue weighted by molar-refractivity contribution is 0.0472. The van der Waals surface area contributed by atoms with E-state index >= 15 is 0 Å². The zero-order chi connectivity index (χ0) is 15.6. The molecule has 0 unspecified atom stereocenters. The molecule has 5 nitrogen and oxygen atoms in total. The fourth-order valence-corrected chi connectivity index (χ4v) is 2.74. The maximum absolute atomic E-state index is 12.1. The van der Waals surface area contributed by atoms with Crippen LogP contribution in [-0.2, 0) is 4.74 Å². The van der Waals surface area contributed by atoms with Gasteiger partial charge in [0.15, 0.2) is 12.4 Å². The number of aromatic nitrogens is 1. The van der Waals surface area contributed by atoms with Gasteiger partial charge in [-0.05, 0) is 19.1 Å². The van der Waals surface area contributed by atoms with E-state index < -0.39 is 5.97 Å². The third-order valence-electron chi connectivity index (χ3n) is 2.80. The van der Waals surface area contributed by atoms with Crippen LogP contribution in [0.5, 0.6) is 0 Å². The number of hydrogen-bond donors (Lipinski definition) is 0. The molecule has 0 aliphatic heterocycles. The van der Waals surface area contributed by atoms with Crippen molar-refractivity contribution >= 4 is 34.7 Å². The minimum Gasteiger partial charge on any atom is -0.454 e. The molecule has 112 valence electrons. The number of Topliss-reactive ketones (excluding diaryl/α,β-unsaturated/α-hetero) is 1. The van der Waals surface area contributed by atoms with E-state index in [2.05, 4.69) is 5.16 Å². The molecule has 2 aromatic rings. The van der Waals surface area contributed by atoms with Crippen LogP contribution in [0.2, 0.25) is 4.34 Å². The highest BCUT2D eigenvalue weighted by Gasteiger charge is 2.24. The van der Waals surface area contributed by atoms with E-state index in [4.69, 9.17) is 20.9 Å². The molecule has 0 spiro atoms. The van der Waals surface area contributed by atoms with Gasteiger partial charge in [-0.15, -0.1) is 11.3 Å². The minimum absolute atomic E-state index is 0.000513. The predicted molar refractivity (Wildman–Crippen MR) is 79.3 cm³/mol. The molecule has 2 aromatic heterocycles. The van der Waals surface area contributed by atoms with Crippen molar-refractivity contribution in [3.8, 4) is 0 Å². The van der Waals surface area contributed by atoms with Crippen molar-refractivity contribution in [2.75, 3.05) is 6.61 Å². The van der Waals surface area contributed by atoms with Gasteiger partial charge in [0.05, 0.1) is 14.9 Å². The summed E-state index contributed by atoms with van der Waals surface area (Å²) in [7, 11) is 0. The summed E-state index contributed by atoms with van der Waals surface area (Å²) in [4.78, 5) is 24.4. The van der Waals surface area contributed by atoms with Crippen LogP contribution in [0.25, 0.3) is 0 Å². The van der Waals surface area contributed by atoms with Crippen LogP contribution in [0.1, 0.15) is 51.2 Å². The number of carbonyl (C=O) groups is 2. The van der Waals surface area contributed by atoms with Crippen LogP contribution in [0.3, 0.4) is 0 Å². The summed E-state index contributed by atoms with van der Waals surface area (Å²) in [6, 6.07) is 3.23. The third-order valence-corrected chi connectivity index (χ3v) is 4.07. The molecule has 0 radical (unpaired) electrons. The molecule has 0 fully saturated rings. The van der Waals surface area contributed by atoms with Gasteiger partial charge >= 0.3 is 5.97 Å². The Labute approximate surface area is 130 Å². The molecule has 2 rings (SSSR count). The number of rotatable bonds is 5. The Morgan fingerprint density at radius 1 is 1.43 bits per heavy atom. The Morgan fingerprint density at radius 3 is 2.71 bits per heavy atom. The van der Waals surface area contributed by atoms with Gasteiger partial charge in [-0.2, -0.15) is 0 Å². The highest BCUT2D eigenvalue weighted by Crippen LogP contribution is 2.24. The second-order valence-corrected chi connectivity index (χ2v) is 6.48. The van der Waals surface area contributed by atoms with Crippen molar-refractivity contribution in [2.24, 2.45) is 0 Å². The molecule has 0 atom stereocenters. The van der Waals surface area contributed by atoms with Crippen LogP contribution in [0, 0.1) is 6.92 Å². The maximum atomic E-state index is 12.1. The Morgan fingerprint density at radius 2 is 2.14 bits per heavy atom. The van der Waals surface area contributed by atoms with Gasteiger partial charge in [-0.25, -0.2) is 4.79 Å². The largest absolute Gasteiger partial charge is 0.454 e. The van der Waals surface area contributed by atoms with E-state index in [1.807, 2.05) is 13.8 Å². The third kappa shape index (κ3) is 3.51. The number of halogens is 1. The number of esters is 1. The molecule has 2 heterocycles. The Hall–Kier alpha value is -1.66. The lowest BCUT2D eigenvalue weighted by Crippen LogP contribution is -2.15. The molecular weight excluding hydrogens is 314 g/mol. The average Bonchev–Trinajstić information content (AvgIpc) is 3.01. The van der Waals surface area contributed by atoms with E-state index in [0.717, 1.165) is 11.3 Å². The summed E-state index contributed by atoms with van der Waals surface area (Å²) >= 11 is 6.91. The first-order valence-corrected chi connectivity index (χ1v) is 7.51. The van der Waals surface area contributed by atoms with Crippen molar-refractivity contribution in [3.05, 3.63) is 38.4 Å². The fourth-order valence-electron chi connectivity index (χ4n) is 1.77. The minimum atomic E-state index is -0.603. The SMILES string of the molecule is Cc1noc(C(C)C)c1C(=O)OCC(=O)c1ccc(Cl)s1. The lowest BCUT2D eigenvalue weighted by atomic mass is 10.1. The van der Waals surface area contributed by atoms with Crippen molar-refractivity contribution in [3.63, 3.8) is 0 Å². The zero-order valence-corrected chi connectivity index (χ0v) is 13.4. The van der Waals surface area contributed by atoms with Crippen molar-refractivity contribution in [2.45, 2.75) is 26.7 Å². The summed E-state index contributed by atoms with van der Waals surface area (Å²) in [5, 5.41) is 3.77. The Kier molecular flexibility index (Phi) is 4.80. The van der Waals surface area contributed by atoms with Crippen LogP contribution in [0.15, 0.2) is 16.7 Å². The van der Waals surface area contributed by atoms with E-state index in [9.17, 15) is 9.59 Å². The Balaban J connectivity index is 2.05. The standard InChI is InChI=1S/C14H14ClNO4S/c1-7(2)13-12(8(3)16-20-13)14(18)19-6-9(17)10-4-5-11(15)21-10/h4-5,7H,6H2,1-3H3. The molecule has 0 bridgehead atoms. The van der Waals surface area contributed by atoms with Crippen LogP contribution >= 0.6 is 22.9 Å². The molecule has 21 heavy (non-hydrogen) atoms. The van der Waals surface area contributed by atoms with Gasteiger partial charge in [0.1, 0.15) is 5.56 Å². The number of nitrogens with zero attached hydrogens (tertiary/aromatic N) is 1. The molecule has 0 N–H and O–H groups in total. The molecule has 0 saturated carbocycles. The maximum Gasteiger partial charge on any atom is 0.344 e. The van der Waals surface area contributed by atoms with Gasteiger partial charge in [-0.1, -0.05) is 30.6 Å². The number of aryl methyl sites for hydroxylation is 1. The smallest absolute Gasteiger partial charge is 0.344 e. The summed E-state index contributed by atoms with van der Waals surface area (Å²) in [5.41, 5.74) is 0.748. The van der Waals surface area contributed by atoms with Crippen LogP contribution in [-0.4, -0.2) is 23.5 Å². The number of thiophene rings is 1. The highest BCUT2D eigenvalue weighted by atomic mass is 35.5. The van der Waals surface area contributed by atoms with Gasteiger partial charge in [0.2, 0.25) is 5.78 Å². The van der Waals surface area contributed by atoms with Crippen molar-refractivity contribution in [1.29, 1.82) is 0 Å². The number of ketones is 1. The first-order chi connectivity index (χ1) is 9.90. The van der Waals surface area contributed by atoms with E-state index in [-0.39, 0.29) is 18.3 Å². The van der Waals surface area contributed by atoms with Crippen LogP contribution < -0.4 is 0 Å². The Bertz CT molecular complexity index is 674. The molecular formula is C14H14ClNO4S. The quantitative estimate of drug-likeness (QED) is 0.616. The number of ether oxygens (including phenoxy) is 1. The van der Waals surface area contributed by atoms with Crippen molar-refractivity contribution < 1.29 is 18.8 Å². The van der Waals surface area contributed by atoms with Gasteiger partial charge in [0.25, 0.3) is 0 Å². The first kappa shape index (κ1) is 15.7. The molecule has 0 aliphatic rings. The van der Waals surface area contributed by atoms with Crippen molar-refractivity contribution in [1.82, 2.24) is 5.16 Å². The monoisotopic (exact) mass is 327 g/mol. The first-order valence-electron chi connectivity index (χ1n) is 6.32. The normalized spacial score (nSPS) is 10.9. The molecule has 0 aromatic carbocycles. The zero-order valence-electron chi connectivity index (χ0n) is 11.8. The van der Waals surface area contributed by atoms with Gasteiger partial charge < -0.3 is 9.26 Å².